The smallest absolute Gasteiger partial charge is 0.112 e. The Bertz CT molecular complexity index is 367. The predicted molar refractivity (Wildman–Crippen MR) is 52.0 cm³/mol. The van der Waals surface area contributed by atoms with Gasteiger partial charge in [0.05, 0.1) is 0 Å². The van der Waals surface area contributed by atoms with Crippen LogP contribution in [0.25, 0.3) is 0 Å². The van der Waals surface area contributed by atoms with E-state index in [1.54, 1.807) is 3.12 Å². The zero-order valence-corrected chi connectivity index (χ0v) is 15.4. The van der Waals surface area contributed by atoms with Crippen LogP contribution in [-0.2, 0) is 4.79 Å². The standard InChI is InChI=1S/C8H9.C2H4O2.ClHO4.Tl/c1-7-3-5-8(2)6-4-7;1-2(3)4;2-1(3,4)5;/h3-5H,1-2H3;1H3,(H,3,4);(H,2,3,4,5);/q;;;+2/p-2. The minimum atomic E-state index is -4.94. The molecule has 1 aromatic rings. The Morgan fingerprint density at radius 2 is 1.50 bits per heavy atom. The first-order valence-electron chi connectivity index (χ1n) is 4.55. The Kier molecular flexibility index (Phi) is 10.8. The van der Waals surface area contributed by atoms with E-state index in [0.717, 1.165) is 32.7 Å². The second kappa shape index (κ2) is 9.64. The van der Waals surface area contributed by atoms with Crippen LogP contribution in [0.1, 0.15) is 18.1 Å². The van der Waals surface area contributed by atoms with Crippen LogP contribution in [0.15, 0.2) is 18.2 Å². The van der Waals surface area contributed by atoms with Gasteiger partial charge in [-0.15, -0.1) is 10.2 Å². The molecule has 0 bridgehead atoms. The average molecular weight is 468 g/mol. The van der Waals surface area contributed by atoms with Crippen LogP contribution in [-0.4, -0.2) is 31.7 Å². The summed E-state index contributed by atoms with van der Waals surface area (Å²) in [5.74, 6) is -1.08. The number of halogens is 1. The molecule has 1 aromatic carbocycles. The summed E-state index contributed by atoms with van der Waals surface area (Å²) < 4.78 is 35.5. The van der Waals surface area contributed by atoms with Crippen LogP contribution in [0.3, 0.4) is 0 Å². The maximum absolute atomic E-state index is 8.89. The van der Waals surface area contributed by atoms with E-state index < -0.39 is 16.2 Å². The fourth-order valence-electron chi connectivity index (χ4n) is 0.760. The van der Waals surface area contributed by atoms with Gasteiger partial charge >= 0.3 is 72.1 Å². The van der Waals surface area contributed by atoms with E-state index in [-0.39, 0.29) is 0 Å². The summed E-state index contributed by atoms with van der Waals surface area (Å²) in [5.41, 5.74) is 2.84. The molecule has 0 radical (unpaired) electrons. The van der Waals surface area contributed by atoms with E-state index in [0.29, 0.717) is 0 Å². The fraction of sp³-hybridized carbons (Fsp3) is 0.300. The quantitative estimate of drug-likeness (QED) is 0.351. The molecule has 0 spiro atoms. The Hall–Kier alpha value is -0.258. The molecule has 0 amide bonds. The van der Waals surface area contributed by atoms with Crippen molar-refractivity contribution in [2.45, 2.75) is 20.8 Å². The molecule has 18 heavy (non-hydrogen) atoms. The molecule has 6 nitrogen and oxygen atoms in total. The van der Waals surface area contributed by atoms with Crippen LogP contribution in [0, 0.1) is 24.1 Å². The normalized spacial score (nSPS) is 9.61. The first-order chi connectivity index (χ1) is 7.93. The van der Waals surface area contributed by atoms with Gasteiger partial charge in [0.2, 0.25) is 0 Å². The van der Waals surface area contributed by atoms with Gasteiger partial charge in [0.1, 0.15) is 0 Å². The molecule has 0 heterocycles. The SMILES string of the molecule is CC(=O)[O-].Cc1ccc(C)[c]([Tl+2])c1.[O-][Cl+3]([O-])([O-])[O-]. The summed E-state index contributed by atoms with van der Waals surface area (Å²) >= 11 is 0.981. The summed E-state index contributed by atoms with van der Waals surface area (Å²) in [5, 5.41) is 8.89. The van der Waals surface area contributed by atoms with Gasteiger partial charge in [0.15, 0.2) is 0 Å². The molecule has 0 fully saturated rings. The zero-order valence-electron chi connectivity index (χ0n) is 10.1. The molecule has 0 aliphatic carbocycles. The number of benzene rings is 1. The second-order valence-electron chi connectivity index (χ2n) is 3.23. The number of carboxylic acid groups (broad SMARTS) is 1. The topological polar surface area (TPSA) is 132 Å². The van der Waals surface area contributed by atoms with Gasteiger partial charge in [-0.25, -0.2) is 18.6 Å². The molecule has 0 unspecified atom stereocenters. The number of rotatable bonds is 0. The molecule has 98 valence electrons. The predicted octanol–water partition coefficient (Wildman–Crippen LogP) is -4.90. The Morgan fingerprint density at radius 3 is 1.72 bits per heavy atom. The molecular formula is C10H12ClO6Tl. The van der Waals surface area contributed by atoms with Gasteiger partial charge < -0.3 is 9.90 Å². The van der Waals surface area contributed by atoms with Gasteiger partial charge in [-0.1, -0.05) is 0 Å². The number of hydrogen-bond acceptors (Lipinski definition) is 6. The van der Waals surface area contributed by atoms with E-state index >= 15 is 0 Å². The van der Waals surface area contributed by atoms with Crippen LogP contribution >= 0.6 is 0 Å². The van der Waals surface area contributed by atoms with E-state index in [1.165, 1.54) is 11.1 Å². The number of carbonyl (C=O) groups excluding carboxylic acids is 1. The van der Waals surface area contributed by atoms with Gasteiger partial charge in [-0.05, 0) is 6.92 Å². The molecule has 0 aliphatic heterocycles. The maximum atomic E-state index is 8.89. The molecule has 0 saturated carbocycles. The van der Waals surface area contributed by atoms with E-state index in [9.17, 15) is 0 Å². The molecule has 8 heteroatoms. The largest absolute Gasteiger partial charge is 0.222 e. The van der Waals surface area contributed by atoms with Crippen molar-refractivity contribution in [1.29, 1.82) is 0 Å². The molecule has 0 aliphatic rings. The molecule has 0 saturated heterocycles. The summed E-state index contributed by atoms with van der Waals surface area (Å²) in [4.78, 5) is 8.89. The summed E-state index contributed by atoms with van der Waals surface area (Å²) in [6.45, 7) is 5.29. The van der Waals surface area contributed by atoms with Crippen molar-refractivity contribution in [2.24, 2.45) is 0 Å². The molecular weight excluding hydrogens is 456 g/mol. The third kappa shape index (κ3) is 21.1. The number of carbonyl (C=O) groups is 1. The van der Waals surface area contributed by atoms with Crippen molar-refractivity contribution in [3.8, 4) is 0 Å². The van der Waals surface area contributed by atoms with Crippen LogP contribution in [0.5, 0.6) is 0 Å². The first-order valence-corrected chi connectivity index (χ1v) is 8.03. The third-order valence-electron chi connectivity index (χ3n) is 1.43. The van der Waals surface area contributed by atoms with Gasteiger partial charge in [0.25, 0.3) is 0 Å². The maximum Gasteiger partial charge on any atom is -0.112 e. The Balaban J connectivity index is 0. The van der Waals surface area contributed by atoms with Crippen LogP contribution in [0.4, 0.5) is 0 Å². The molecule has 0 N–H and O–H groups in total. The summed E-state index contributed by atoms with van der Waals surface area (Å²) in [7, 11) is -4.94. The summed E-state index contributed by atoms with van der Waals surface area (Å²) in [6.07, 6.45) is 0. The minimum absolute atomic E-state index is 0.972. The monoisotopic (exact) mass is 468 g/mol. The van der Waals surface area contributed by atoms with Crippen LogP contribution in [0.2, 0.25) is 0 Å². The van der Waals surface area contributed by atoms with E-state index in [4.69, 9.17) is 28.5 Å². The van der Waals surface area contributed by atoms with Gasteiger partial charge in [-0.3, -0.25) is 0 Å². The van der Waals surface area contributed by atoms with Crippen molar-refractivity contribution in [1.82, 2.24) is 0 Å². The van der Waals surface area contributed by atoms with E-state index in [2.05, 4.69) is 32.0 Å². The zero-order chi connectivity index (χ0) is 14.9. The molecule has 1 rings (SSSR count). The van der Waals surface area contributed by atoms with Crippen LogP contribution < -0.4 is 26.9 Å². The fourth-order valence-corrected chi connectivity index (χ4v) is 2.16. The first kappa shape index (κ1) is 20.1. The van der Waals surface area contributed by atoms with Gasteiger partial charge in [-0.2, -0.15) is 0 Å². The molecule has 0 aromatic heterocycles. The summed E-state index contributed by atoms with van der Waals surface area (Å²) in [6, 6.07) is 6.64. The second-order valence-corrected chi connectivity index (χ2v) is 6.40. The van der Waals surface area contributed by atoms with E-state index in [1.807, 2.05) is 0 Å². The van der Waals surface area contributed by atoms with Crippen molar-refractivity contribution in [2.75, 3.05) is 0 Å². The van der Waals surface area contributed by atoms with Crippen molar-refractivity contribution in [3.05, 3.63) is 29.3 Å². The Labute approximate surface area is 123 Å². The average Bonchev–Trinajstić information content (AvgIpc) is 2.08. The number of carboxylic acids is 1. The third-order valence-corrected chi connectivity index (χ3v) is 3.85. The number of hydrogen-bond donors (Lipinski definition) is 0. The van der Waals surface area contributed by atoms with Crippen molar-refractivity contribution < 1.29 is 38.8 Å². The number of aliphatic carboxylic acids is 1. The van der Waals surface area contributed by atoms with Crippen molar-refractivity contribution in [3.63, 3.8) is 0 Å². The van der Waals surface area contributed by atoms with Crippen molar-refractivity contribution >= 4 is 34.9 Å². The number of aryl methyl sites for hydroxylation is 2. The molecule has 0 atom stereocenters. The van der Waals surface area contributed by atoms with Gasteiger partial charge in [0, 0.05) is 5.97 Å². The Morgan fingerprint density at radius 1 is 1.17 bits per heavy atom. The minimum Gasteiger partial charge on any atom is -0.222 e.